The van der Waals surface area contributed by atoms with Gasteiger partial charge in [-0.3, -0.25) is 14.5 Å². The van der Waals surface area contributed by atoms with Crippen molar-refractivity contribution in [2.75, 3.05) is 57.5 Å². The molecule has 3 aliphatic heterocycles. The molecular formula is C27H31N5O4S. The number of aromatic nitrogens is 1. The number of benzene rings is 2. The minimum atomic E-state index is -0.0817. The lowest BCUT2D eigenvalue weighted by molar-refractivity contribution is -0.127. The molecule has 194 valence electrons. The van der Waals surface area contributed by atoms with Gasteiger partial charge in [0, 0.05) is 64.3 Å². The maximum absolute atomic E-state index is 12.7. The maximum Gasteiger partial charge on any atom is 0.251 e. The van der Waals surface area contributed by atoms with Crippen molar-refractivity contribution in [3.63, 3.8) is 0 Å². The predicted octanol–water partition coefficient (Wildman–Crippen LogP) is 3.09. The first-order valence-corrected chi connectivity index (χ1v) is 13.8. The summed E-state index contributed by atoms with van der Waals surface area (Å²) in [5.74, 6) is 1.79. The number of nitrogens with one attached hydrogen (secondary N) is 1. The van der Waals surface area contributed by atoms with E-state index in [1.807, 2.05) is 29.2 Å². The number of carbonyl (C=O) groups excluding carboxylic acids is 2. The molecule has 2 amide bonds. The van der Waals surface area contributed by atoms with E-state index in [4.69, 9.17) is 14.5 Å². The lowest BCUT2D eigenvalue weighted by Crippen LogP contribution is -2.45. The number of hydrogen-bond acceptors (Lipinski definition) is 8. The highest BCUT2D eigenvalue weighted by Gasteiger charge is 2.22. The molecule has 9 nitrogen and oxygen atoms in total. The zero-order chi connectivity index (χ0) is 25.2. The maximum atomic E-state index is 12.7. The van der Waals surface area contributed by atoms with Crippen molar-refractivity contribution in [2.45, 2.75) is 25.8 Å². The Morgan fingerprint density at radius 1 is 1.03 bits per heavy atom. The zero-order valence-corrected chi connectivity index (χ0v) is 21.6. The fourth-order valence-electron chi connectivity index (χ4n) is 5.10. The predicted molar refractivity (Wildman–Crippen MR) is 142 cm³/mol. The van der Waals surface area contributed by atoms with Gasteiger partial charge in [-0.15, -0.1) is 0 Å². The van der Waals surface area contributed by atoms with Gasteiger partial charge < -0.3 is 24.6 Å². The third-order valence-electron chi connectivity index (χ3n) is 7.19. The summed E-state index contributed by atoms with van der Waals surface area (Å²) in [7, 11) is 0. The summed E-state index contributed by atoms with van der Waals surface area (Å²) in [6.07, 6.45) is 2.37. The van der Waals surface area contributed by atoms with Crippen molar-refractivity contribution in [1.29, 1.82) is 0 Å². The fraction of sp³-hybridized carbons (Fsp3) is 0.444. The molecule has 1 aromatic heterocycles. The van der Waals surface area contributed by atoms with Crippen molar-refractivity contribution in [2.24, 2.45) is 0 Å². The number of nitrogens with zero attached hydrogens (tertiary/aromatic N) is 4. The van der Waals surface area contributed by atoms with Crippen LogP contribution in [0.5, 0.6) is 11.5 Å². The highest BCUT2D eigenvalue weighted by atomic mass is 32.1. The van der Waals surface area contributed by atoms with E-state index in [2.05, 4.69) is 27.2 Å². The largest absolute Gasteiger partial charge is 0.454 e. The van der Waals surface area contributed by atoms with Crippen LogP contribution >= 0.6 is 11.3 Å². The van der Waals surface area contributed by atoms with Crippen LogP contribution in [0, 0.1) is 0 Å². The van der Waals surface area contributed by atoms with Gasteiger partial charge in [0.1, 0.15) is 0 Å². The fourth-order valence-corrected chi connectivity index (χ4v) is 6.15. The van der Waals surface area contributed by atoms with Gasteiger partial charge in [-0.25, -0.2) is 4.98 Å². The number of carbonyl (C=O) groups is 2. The molecule has 2 saturated heterocycles. The number of rotatable bonds is 8. The molecule has 2 fully saturated rings. The summed E-state index contributed by atoms with van der Waals surface area (Å²) in [5, 5.41) is 3.99. The van der Waals surface area contributed by atoms with Gasteiger partial charge >= 0.3 is 0 Å². The summed E-state index contributed by atoms with van der Waals surface area (Å²) in [4.78, 5) is 35.9. The Bertz CT molecular complexity index is 1300. The number of likely N-dealkylation sites (tertiary alicyclic amines) is 1. The molecule has 0 unspecified atom stereocenters. The summed E-state index contributed by atoms with van der Waals surface area (Å²) in [6, 6.07) is 11.9. The quantitative estimate of drug-likeness (QED) is 0.456. The van der Waals surface area contributed by atoms with E-state index in [0.717, 1.165) is 79.0 Å². The van der Waals surface area contributed by atoms with Crippen LogP contribution in [0.3, 0.4) is 0 Å². The highest BCUT2D eigenvalue weighted by Crippen LogP contribution is 2.33. The number of thiazole rings is 1. The van der Waals surface area contributed by atoms with Crippen molar-refractivity contribution in [1.82, 2.24) is 20.1 Å². The second-order valence-corrected chi connectivity index (χ2v) is 10.7. The third kappa shape index (κ3) is 5.35. The smallest absolute Gasteiger partial charge is 0.251 e. The van der Waals surface area contributed by atoms with Crippen molar-refractivity contribution in [3.8, 4) is 11.5 Å². The molecule has 0 atom stereocenters. The molecular weight excluding hydrogens is 490 g/mol. The Labute approximate surface area is 220 Å². The first kappa shape index (κ1) is 24.0. The Morgan fingerprint density at radius 2 is 1.89 bits per heavy atom. The lowest BCUT2D eigenvalue weighted by atomic mass is 10.1. The molecule has 0 radical (unpaired) electrons. The van der Waals surface area contributed by atoms with E-state index in [9.17, 15) is 9.59 Å². The van der Waals surface area contributed by atoms with E-state index in [1.165, 1.54) is 5.56 Å². The molecule has 0 spiro atoms. The van der Waals surface area contributed by atoms with Gasteiger partial charge in [-0.05, 0) is 48.7 Å². The van der Waals surface area contributed by atoms with Crippen LogP contribution in [0.15, 0.2) is 36.4 Å². The molecule has 2 aromatic carbocycles. The SMILES string of the molecule is O=C(NCCCN1CCCC1=O)c1ccc2nc(N3CCN(Cc4ccc5c(c4)OCO5)CC3)sc2c1. The number of ether oxygens (including phenoxy) is 2. The normalized spacial score (nSPS) is 17.7. The second kappa shape index (κ2) is 10.5. The minimum absolute atomic E-state index is 0.0817. The van der Waals surface area contributed by atoms with Crippen LogP contribution in [0.25, 0.3) is 10.2 Å². The van der Waals surface area contributed by atoms with Crippen molar-refractivity contribution in [3.05, 3.63) is 47.5 Å². The standard InChI is InChI=1S/C27H31N5O4S/c33-25-3-1-9-31(25)10-2-8-28-26(34)20-5-6-21-24(16-20)37-27(29-21)32-13-11-30(12-14-32)17-19-4-7-22-23(15-19)36-18-35-22/h4-7,15-16H,1-3,8-14,17-18H2,(H,28,34). The molecule has 37 heavy (non-hydrogen) atoms. The van der Waals surface area contributed by atoms with Gasteiger partial charge in [0.05, 0.1) is 10.2 Å². The minimum Gasteiger partial charge on any atom is -0.454 e. The van der Waals surface area contributed by atoms with Crippen molar-refractivity contribution >= 4 is 38.5 Å². The molecule has 3 aromatic rings. The molecule has 0 bridgehead atoms. The molecule has 0 saturated carbocycles. The summed E-state index contributed by atoms with van der Waals surface area (Å²) < 4.78 is 11.9. The van der Waals surface area contributed by atoms with Crippen LogP contribution in [-0.4, -0.2) is 79.2 Å². The van der Waals surface area contributed by atoms with E-state index in [-0.39, 0.29) is 11.8 Å². The van der Waals surface area contributed by atoms with Gasteiger partial charge in [0.15, 0.2) is 16.6 Å². The summed E-state index contributed by atoms with van der Waals surface area (Å²) >= 11 is 1.64. The van der Waals surface area contributed by atoms with Crippen LogP contribution in [0.2, 0.25) is 0 Å². The Kier molecular flexibility index (Phi) is 6.84. The number of anilines is 1. The average molecular weight is 522 g/mol. The van der Waals surface area contributed by atoms with Crippen molar-refractivity contribution < 1.29 is 19.1 Å². The van der Waals surface area contributed by atoms with Gasteiger partial charge in [0.2, 0.25) is 12.7 Å². The van der Waals surface area contributed by atoms with Gasteiger partial charge in [-0.2, -0.15) is 0 Å². The van der Waals surface area contributed by atoms with E-state index in [1.54, 1.807) is 11.3 Å². The van der Waals surface area contributed by atoms with E-state index in [0.29, 0.717) is 31.9 Å². The number of amides is 2. The monoisotopic (exact) mass is 521 g/mol. The molecule has 3 aliphatic rings. The van der Waals surface area contributed by atoms with E-state index >= 15 is 0 Å². The number of fused-ring (bicyclic) bond motifs is 2. The van der Waals surface area contributed by atoms with Crippen LogP contribution in [0.4, 0.5) is 5.13 Å². The summed E-state index contributed by atoms with van der Waals surface area (Å²) in [5.41, 5.74) is 2.80. The molecule has 10 heteroatoms. The van der Waals surface area contributed by atoms with Crippen LogP contribution < -0.4 is 19.7 Å². The molecule has 6 rings (SSSR count). The van der Waals surface area contributed by atoms with Gasteiger partial charge in [-0.1, -0.05) is 17.4 Å². The second-order valence-electron chi connectivity index (χ2n) is 9.72. The molecule has 0 aliphatic carbocycles. The first-order valence-electron chi connectivity index (χ1n) is 12.9. The molecule has 4 heterocycles. The number of hydrogen-bond donors (Lipinski definition) is 1. The lowest BCUT2D eigenvalue weighted by Gasteiger charge is -2.34. The summed E-state index contributed by atoms with van der Waals surface area (Å²) in [6.45, 7) is 7.04. The topological polar surface area (TPSA) is 87.2 Å². The Balaban J connectivity index is 1.01. The number of piperazine rings is 1. The third-order valence-corrected chi connectivity index (χ3v) is 8.27. The average Bonchev–Trinajstić information content (AvgIpc) is 3.66. The van der Waals surface area contributed by atoms with Crippen LogP contribution in [-0.2, 0) is 11.3 Å². The van der Waals surface area contributed by atoms with Crippen LogP contribution in [0.1, 0.15) is 35.2 Å². The zero-order valence-electron chi connectivity index (χ0n) is 20.8. The Morgan fingerprint density at radius 3 is 2.73 bits per heavy atom. The highest BCUT2D eigenvalue weighted by molar-refractivity contribution is 7.22. The Hall–Kier alpha value is -3.37. The van der Waals surface area contributed by atoms with E-state index < -0.39 is 0 Å². The van der Waals surface area contributed by atoms with Gasteiger partial charge in [0.25, 0.3) is 5.91 Å². The first-order chi connectivity index (χ1) is 18.1. The molecule has 1 N–H and O–H groups in total.